The molecule has 0 aromatic carbocycles. The van der Waals surface area contributed by atoms with Crippen molar-refractivity contribution in [3.63, 3.8) is 0 Å². The zero-order chi connectivity index (χ0) is 13.3. The minimum Gasteiger partial charge on any atom is -0.356 e. The lowest BCUT2D eigenvalue weighted by Crippen LogP contribution is -2.36. The number of sulfonamides is 1. The highest BCUT2D eigenvalue weighted by atomic mass is 32.2. The summed E-state index contributed by atoms with van der Waals surface area (Å²) in [6.45, 7) is 4.17. The van der Waals surface area contributed by atoms with Crippen LogP contribution in [0.4, 0.5) is 0 Å². The third-order valence-electron chi connectivity index (χ3n) is 2.12. The summed E-state index contributed by atoms with van der Waals surface area (Å²) >= 11 is 0. The molecular weight excluding hydrogens is 242 g/mol. The zero-order valence-electron chi connectivity index (χ0n) is 10.2. The molecule has 1 amide bonds. The molecule has 1 atom stereocenters. The van der Waals surface area contributed by atoms with Gasteiger partial charge in [-0.25, -0.2) is 13.1 Å². The Hall–Kier alpha value is -1.13. The number of hydrogen-bond donors (Lipinski definition) is 2. The number of nitrogens with one attached hydrogen (secondary N) is 2. The number of amides is 1. The van der Waals surface area contributed by atoms with E-state index in [2.05, 4.69) is 10.0 Å². The first-order valence-corrected chi connectivity index (χ1v) is 7.17. The number of rotatable bonds is 8. The summed E-state index contributed by atoms with van der Waals surface area (Å²) in [5.74, 6) is -0.195. The topological polar surface area (TPSA) is 99.1 Å². The molecule has 0 fully saturated rings. The van der Waals surface area contributed by atoms with E-state index in [0.29, 0.717) is 6.54 Å². The Kier molecular flexibility index (Phi) is 7.50. The van der Waals surface area contributed by atoms with Crippen LogP contribution < -0.4 is 10.0 Å². The van der Waals surface area contributed by atoms with E-state index in [-0.39, 0.29) is 25.3 Å². The third kappa shape index (κ3) is 6.24. The summed E-state index contributed by atoms with van der Waals surface area (Å²) in [5.41, 5.74) is 0. The second kappa shape index (κ2) is 8.03. The SMILES string of the molecule is CCCNC(=O)CCNS(=O)(=O)C(C#N)CC. The summed E-state index contributed by atoms with van der Waals surface area (Å²) < 4.78 is 25.3. The van der Waals surface area contributed by atoms with Crippen LogP contribution in [0.15, 0.2) is 0 Å². The van der Waals surface area contributed by atoms with Gasteiger partial charge in [0.15, 0.2) is 5.25 Å². The highest BCUT2D eigenvalue weighted by Crippen LogP contribution is 2.02. The van der Waals surface area contributed by atoms with E-state index in [1.54, 1.807) is 13.0 Å². The van der Waals surface area contributed by atoms with Gasteiger partial charge in [0.1, 0.15) is 0 Å². The van der Waals surface area contributed by atoms with Crippen LogP contribution in [0.25, 0.3) is 0 Å². The zero-order valence-corrected chi connectivity index (χ0v) is 11.0. The van der Waals surface area contributed by atoms with E-state index >= 15 is 0 Å². The van der Waals surface area contributed by atoms with Crippen LogP contribution in [-0.2, 0) is 14.8 Å². The molecule has 0 aromatic rings. The van der Waals surface area contributed by atoms with Crippen LogP contribution >= 0.6 is 0 Å². The van der Waals surface area contributed by atoms with Crippen LogP contribution in [0.1, 0.15) is 33.1 Å². The maximum absolute atomic E-state index is 11.5. The molecule has 98 valence electrons. The smallest absolute Gasteiger partial charge is 0.227 e. The average molecular weight is 261 g/mol. The molecule has 0 saturated carbocycles. The fourth-order valence-corrected chi connectivity index (χ4v) is 2.31. The molecule has 0 heterocycles. The number of hydrogen-bond acceptors (Lipinski definition) is 4. The Morgan fingerprint density at radius 3 is 2.47 bits per heavy atom. The molecule has 2 N–H and O–H groups in total. The van der Waals surface area contributed by atoms with E-state index in [4.69, 9.17) is 5.26 Å². The summed E-state index contributed by atoms with van der Waals surface area (Å²) in [4.78, 5) is 11.2. The Labute approximate surface area is 102 Å². The Morgan fingerprint density at radius 2 is 2.00 bits per heavy atom. The molecule has 0 aromatic heterocycles. The van der Waals surface area contributed by atoms with Gasteiger partial charge >= 0.3 is 0 Å². The van der Waals surface area contributed by atoms with Gasteiger partial charge < -0.3 is 5.32 Å². The van der Waals surface area contributed by atoms with Crippen molar-refractivity contribution in [1.29, 1.82) is 5.26 Å². The number of nitrogens with zero attached hydrogens (tertiary/aromatic N) is 1. The van der Waals surface area contributed by atoms with Gasteiger partial charge in [0.2, 0.25) is 15.9 Å². The molecule has 0 aliphatic carbocycles. The second-order valence-corrected chi connectivity index (χ2v) is 5.51. The van der Waals surface area contributed by atoms with Crippen molar-refractivity contribution >= 4 is 15.9 Å². The fourth-order valence-electron chi connectivity index (χ4n) is 1.14. The van der Waals surface area contributed by atoms with Crippen molar-refractivity contribution in [2.24, 2.45) is 0 Å². The van der Waals surface area contributed by atoms with E-state index in [1.807, 2.05) is 6.92 Å². The molecule has 0 aliphatic heterocycles. The van der Waals surface area contributed by atoms with Crippen molar-refractivity contribution in [1.82, 2.24) is 10.0 Å². The normalized spacial score (nSPS) is 12.8. The standard InChI is InChI=1S/C10H19N3O3S/c1-3-6-12-10(14)5-7-13-17(15,16)9(4-2)8-11/h9,13H,3-7H2,1-2H3,(H,12,14). The Morgan fingerprint density at radius 1 is 1.35 bits per heavy atom. The quantitative estimate of drug-likeness (QED) is 0.648. The average Bonchev–Trinajstić information content (AvgIpc) is 2.27. The monoisotopic (exact) mass is 261 g/mol. The van der Waals surface area contributed by atoms with Gasteiger partial charge in [-0.1, -0.05) is 13.8 Å². The van der Waals surface area contributed by atoms with Crippen LogP contribution in [0.2, 0.25) is 0 Å². The van der Waals surface area contributed by atoms with Crippen molar-refractivity contribution in [3.05, 3.63) is 0 Å². The van der Waals surface area contributed by atoms with E-state index in [1.165, 1.54) is 0 Å². The molecular formula is C10H19N3O3S. The van der Waals surface area contributed by atoms with Crippen molar-refractivity contribution < 1.29 is 13.2 Å². The minimum atomic E-state index is -3.63. The lowest BCUT2D eigenvalue weighted by Gasteiger charge is -2.09. The predicted molar refractivity (Wildman–Crippen MR) is 64.5 cm³/mol. The molecule has 0 radical (unpaired) electrons. The molecule has 6 nitrogen and oxygen atoms in total. The first-order valence-electron chi connectivity index (χ1n) is 5.62. The maximum atomic E-state index is 11.5. The van der Waals surface area contributed by atoms with E-state index in [9.17, 15) is 13.2 Å². The number of carbonyl (C=O) groups is 1. The van der Waals surface area contributed by atoms with Crippen LogP contribution in [0.5, 0.6) is 0 Å². The van der Waals surface area contributed by atoms with Crippen molar-refractivity contribution in [2.75, 3.05) is 13.1 Å². The van der Waals surface area contributed by atoms with E-state index < -0.39 is 15.3 Å². The van der Waals surface area contributed by atoms with Gasteiger partial charge in [0.05, 0.1) is 6.07 Å². The van der Waals surface area contributed by atoms with Gasteiger partial charge in [-0.2, -0.15) is 5.26 Å². The molecule has 0 saturated heterocycles. The summed E-state index contributed by atoms with van der Waals surface area (Å²) in [7, 11) is -3.63. The van der Waals surface area contributed by atoms with Gasteiger partial charge in [-0.05, 0) is 12.8 Å². The second-order valence-electron chi connectivity index (χ2n) is 3.57. The Bertz CT molecular complexity index is 373. The molecule has 7 heteroatoms. The fraction of sp³-hybridized carbons (Fsp3) is 0.800. The summed E-state index contributed by atoms with van der Waals surface area (Å²) in [6.07, 6.45) is 1.15. The Balaban J connectivity index is 4.04. The third-order valence-corrected chi connectivity index (χ3v) is 3.91. The molecule has 0 bridgehead atoms. The molecule has 0 aliphatic rings. The first kappa shape index (κ1) is 15.9. The summed E-state index contributed by atoms with van der Waals surface area (Å²) in [5, 5.41) is 10.2. The van der Waals surface area contributed by atoms with Crippen molar-refractivity contribution in [2.45, 2.75) is 38.4 Å². The molecule has 1 unspecified atom stereocenters. The lowest BCUT2D eigenvalue weighted by molar-refractivity contribution is -0.120. The van der Waals surface area contributed by atoms with Gasteiger partial charge in [-0.15, -0.1) is 0 Å². The highest BCUT2D eigenvalue weighted by Gasteiger charge is 2.22. The lowest BCUT2D eigenvalue weighted by atomic mass is 10.4. The van der Waals surface area contributed by atoms with Crippen LogP contribution in [0.3, 0.4) is 0 Å². The largest absolute Gasteiger partial charge is 0.356 e. The van der Waals surface area contributed by atoms with E-state index in [0.717, 1.165) is 6.42 Å². The van der Waals surface area contributed by atoms with Gasteiger partial charge in [0, 0.05) is 19.5 Å². The molecule has 17 heavy (non-hydrogen) atoms. The predicted octanol–water partition coefficient (Wildman–Crippen LogP) is 0.124. The summed E-state index contributed by atoms with van der Waals surface area (Å²) in [6, 6.07) is 1.71. The number of carbonyl (C=O) groups excluding carboxylic acids is 1. The van der Waals surface area contributed by atoms with Gasteiger partial charge in [0.25, 0.3) is 0 Å². The van der Waals surface area contributed by atoms with Gasteiger partial charge in [-0.3, -0.25) is 4.79 Å². The van der Waals surface area contributed by atoms with Crippen LogP contribution in [-0.4, -0.2) is 32.7 Å². The first-order chi connectivity index (χ1) is 7.97. The highest BCUT2D eigenvalue weighted by molar-refractivity contribution is 7.90. The van der Waals surface area contributed by atoms with Crippen molar-refractivity contribution in [3.8, 4) is 6.07 Å². The minimum absolute atomic E-state index is 0.0239. The number of nitriles is 1. The van der Waals surface area contributed by atoms with Crippen LogP contribution in [0, 0.1) is 11.3 Å². The molecule has 0 spiro atoms. The molecule has 0 rings (SSSR count). The maximum Gasteiger partial charge on any atom is 0.227 e.